The Labute approximate surface area is 99.5 Å². The Hall–Kier alpha value is -1.91. The highest BCUT2D eigenvalue weighted by molar-refractivity contribution is 5.25. The number of aryl methyl sites for hydroxylation is 3. The van der Waals surface area contributed by atoms with Crippen molar-refractivity contribution in [3.05, 3.63) is 39.7 Å². The van der Waals surface area contributed by atoms with Crippen LogP contribution in [0.2, 0.25) is 0 Å². The molecular formula is C12H16N4O. The molecule has 0 aliphatic rings. The van der Waals surface area contributed by atoms with Gasteiger partial charge >= 0.3 is 0 Å². The molecule has 0 fully saturated rings. The number of hydrogen-bond donors (Lipinski definition) is 1. The van der Waals surface area contributed by atoms with Crippen molar-refractivity contribution in [3.63, 3.8) is 0 Å². The lowest BCUT2D eigenvalue weighted by molar-refractivity contribution is 0.760. The maximum Gasteiger partial charge on any atom is 0.253 e. The van der Waals surface area contributed by atoms with E-state index in [4.69, 9.17) is 0 Å². The minimum atomic E-state index is -0.150. The highest BCUT2D eigenvalue weighted by Crippen LogP contribution is 2.10. The Morgan fingerprint density at radius 3 is 2.65 bits per heavy atom. The fourth-order valence-electron chi connectivity index (χ4n) is 1.77. The van der Waals surface area contributed by atoms with E-state index in [1.54, 1.807) is 11.6 Å². The lowest BCUT2D eigenvalue weighted by atomic mass is 10.2. The Kier molecular flexibility index (Phi) is 3.08. The van der Waals surface area contributed by atoms with Crippen LogP contribution in [0.15, 0.2) is 16.9 Å². The summed E-state index contributed by atoms with van der Waals surface area (Å²) in [6.45, 7) is 5.89. The molecule has 0 aliphatic heterocycles. The topological polar surface area (TPSA) is 63.6 Å². The van der Waals surface area contributed by atoms with Crippen LogP contribution in [0.3, 0.4) is 0 Å². The lowest BCUT2D eigenvalue weighted by Crippen LogP contribution is -2.14. The van der Waals surface area contributed by atoms with Crippen molar-refractivity contribution < 1.29 is 0 Å². The van der Waals surface area contributed by atoms with Crippen molar-refractivity contribution >= 4 is 0 Å². The molecule has 0 aromatic carbocycles. The molecule has 0 unspecified atom stereocenters. The van der Waals surface area contributed by atoms with Crippen LogP contribution in [0, 0.1) is 6.92 Å². The van der Waals surface area contributed by atoms with Gasteiger partial charge in [-0.1, -0.05) is 13.8 Å². The number of aromatic nitrogens is 4. The van der Waals surface area contributed by atoms with Gasteiger partial charge in [0.2, 0.25) is 0 Å². The Morgan fingerprint density at radius 1 is 1.29 bits per heavy atom. The quantitative estimate of drug-likeness (QED) is 0.869. The predicted molar refractivity (Wildman–Crippen MR) is 65.5 cm³/mol. The van der Waals surface area contributed by atoms with Gasteiger partial charge in [0, 0.05) is 11.8 Å². The van der Waals surface area contributed by atoms with Gasteiger partial charge in [-0.2, -0.15) is 5.10 Å². The third kappa shape index (κ3) is 2.27. The van der Waals surface area contributed by atoms with Gasteiger partial charge in [0.1, 0.15) is 5.82 Å². The van der Waals surface area contributed by atoms with Gasteiger partial charge in [-0.3, -0.25) is 4.79 Å². The van der Waals surface area contributed by atoms with Gasteiger partial charge in [-0.25, -0.2) is 9.67 Å². The largest absolute Gasteiger partial charge is 0.311 e. The van der Waals surface area contributed by atoms with Crippen LogP contribution >= 0.6 is 0 Å². The zero-order chi connectivity index (χ0) is 12.4. The van der Waals surface area contributed by atoms with Gasteiger partial charge in [-0.05, 0) is 25.8 Å². The van der Waals surface area contributed by atoms with E-state index in [1.165, 1.54) is 6.07 Å². The predicted octanol–water partition coefficient (Wildman–Crippen LogP) is 1.39. The van der Waals surface area contributed by atoms with Crippen LogP contribution in [0.1, 0.15) is 31.1 Å². The fraction of sp³-hybridized carbons (Fsp3) is 0.417. The summed E-state index contributed by atoms with van der Waals surface area (Å²) in [7, 11) is 0. The number of nitrogens with zero attached hydrogens (tertiary/aromatic N) is 3. The molecule has 0 amide bonds. The lowest BCUT2D eigenvalue weighted by Gasteiger charge is -2.04. The number of aromatic amines is 1. The summed E-state index contributed by atoms with van der Waals surface area (Å²) in [4.78, 5) is 18.4. The molecule has 0 saturated carbocycles. The molecule has 2 heterocycles. The second-order valence-corrected chi connectivity index (χ2v) is 3.93. The monoisotopic (exact) mass is 232 g/mol. The Bertz CT molecular complexity index is 582. The first-order valence-corrected chi connectivity index (χ1v) is 5.80. The zero-order valence-corrected chi connectivity index (χ0v) is 10.3. The van der Waals surface area contributed by atoms with Crippen molar-refractivity contribution in [1.29, 1.82) is 0 Å². The molecule has 0 bridgehead atoms. The highest BCUT2D eigenvalue weighted by Gasteiger charge is 2.09. The molecule has 5 nitrogen and oxygen atoms in total. The summed E-state index contributed by atoms with van der Waals surface area (Å²) >= 11 is 0. The third-order valence-corrected chi connectivity index (χ3v) is 2.62. The molecule has 2 aromatic rings. The summed E-state index contributed by atoms with van der Waals surface area (Å²) in [6.07, 6.45) is 1.74. The highest BCUT2D eigenvalue weighted by atomic mass is 16.1. The number of hydrogen-bond acceptors (Lipinski definition) is 3. The standard InChI is InChI=1S/C12H16N4O/c1-4-9-6-10(5-2)16(15-9)11-7-12(17)14-8(3)13-11/h6-7H,4-5H2,1-3H3,(H,13,14,17). The number of H-pyrrole nitrogens is 1. The number of nitrogens with one attached hydrogen (secondary N) is 1. The molecule has 5 heteroatoms. The molecule has 0 saturated heterocycles. The third-order valence-electron chi connectivity index (χ3n) is 2.62. The summed E-state index contributed by atoms with van der Waals surface area (Å²) in [6, 6.07) is 3.52. The number of rotatable bonds is 3. The summed E-state index contributed by atoms with van der Waals surface area (Å²) in [5, 5.41) is 4.45. The van der Waals surface area contributed by atoms with E-state index >= 15 is 0 Å². The fourth-order valence-corrected chi connectivity index (χ4v) is 1.77. The average molecular weight is 232 g/mol. The zero-order valence-electron chi connectivity index (χ0n) is 10.3. The molecule has 1 N–H and O–H groups in total. The van der Waals surface area contributed by atoms with Crippen molar-refractivity contribution in [1.82, 2.24) is 19.7 Å². The van der Waals surface area contributed by atoms with E-state index in [-0.39, 0.29) is 5.56 Å². The van der Waals surface area contributed by atoms with E-state index in [1.807, 2.05) is 0 Å². The molecule has 0 aliphatic carbocycles. The maximum atomic E-state index is 11.4. The SMILES string of the molecule is CCc1cc(CC)n(-c2cc(=O)[nH]c(C)n2)n1. The molecule has 0 radical (unpaired) electrons. The first-order chi connectivity index (χ1) is 8.13. The first kappa shape index (κ1) is 11.6. The van der Waals surface area contributed by atoms with E-state index < -0.39 is 0 Å². The summed E-state index contributed by atoms with van der Waals surface area (Å²) in [5.41, 5.74) is 1.93. The minimum absolute atomic E-state index is 0.150. The van der Waals surface area contributed by atoms with E-state index in [2.05, 4.69) is 35.0 Å². The van der Waals surface area contributed by atoms with Crippen molar-refractivity contribution in [2.75, 3.05) is 0 Å². The summed E-state index contributed by atoms with van der Waals surface area (Å²) < 4.78 is 1.75. The van der Waals surface area contributed by atoms with Gasteiger partial charge < -0.3 is 4.98 Å². The summed E-state index contributed by atoms with van der Waals surface area (Å²) in [5.74, 6) is 1.19. The minimum Gasteiger partial charge on any atom is -0.311 e. The first-order valence-electron chi connectivity index (χ1n) is 5.80. The van der Waals surface area contributed by atoms with Crippen LogP contribution in [0.4, 0.5) is 0 Å². The Balaban J connectivity index is 2.58. The van der Waals surface area contributed by atoms with E-state index in [0.29, 0.717) is 11.6 Å². The molecule has 90 valence electrons. The molecule has 0 spiro atoms. The van der Waals surface area contributed by atoms with Crippen LogP contribution in [-0.4, -0.2) is 19.7 Å². The van der Waals surface area contributed by atoms with E-state index in [9.17, 15) is 4.79 Å². The normalized spacial score (nSPS) is 10.8. The second-order valence-electron chi connectivity index (χ2n) is 3.93. The van der Waals surface area contributed by atoms with Crippen molar-refractivity contribution in [2.45, 2.75) is 33.6 Å². The van der Waals surface area contributed by atoms with Crippen molar-refractivity contribution in [3.8, 4) is 5.82 Å². The maximum absolute atomic E-state index is 11.4. The molecule has 2 aromatic heterocycles. The van der Waals surface area contributed by atoms with Gasteiger partial charge in [0.25, 0.3) is 5.56 Å². The van der Waals surface area contributed by atoms with Crippen molar-refractivity contribution in [2.24, 2.45) is 0 Å². The second kappa shape index (κ2) is 4.53. The molecule has 2 rings (SSSR count). The van der Waals surface area contributed by atoms with E-state index in [0.717, 1.165) is 24.2 Å². The van der Waals surface area contributed by atoms with Crippen LogP contribution in [-0.2, 0) is 12.8 Å². The average Bonchev–Trinajstić information content (AvgIpc) is 2.70. The smallest absolute Gasteiger partial charge is 0.253 e. The molecule has 17 heavy (non-hydrogen) atoms. The Morgan fingerprint density at radius 2 is 2.06 bits per heavy atom. The van der Waals surface area contributed by atoms with Crippen LogP contribution in [0.5, 0.6) is 0 Å². The van der Waals surface area contributed by atoms with Crippen LogP contribution < -0.4 is 5.56 Å². The molecule has 0 atom stereocenters. The van der Waals surface area contributed by atoms with Gasteiger partial charge in [-0.15, -0.1) is 0 Å². The van der Waals surface area contributed by atoms with Crippen LogP contribution in [0.25, 0.3) is 5.82 Å². The van der Waals surface area contributed by atoms with Gasteiger partial charge in [0.15, 0.2) is 5.82 Å². The molecular weight excluding hydrogens is 216 g/mol. The van der Waals surface area contributed by atoms with Gasteiger partial charge in [0.05, 0.1) is 5.69 Å².